The number of anilines is 2. The highest BCUT2D eigenvalue weighted by molar-refractivity contribution is 7.90. The van der Waals surface area contributed by atoms with Gasteiger partial charge in [-0.3, -0.25) is 4.79 Å². The van der Waals surface area contributed by atoms with Crippen molar-refractivity contribution in [3.63, 3.8) is 0 Å². The summed E-state index contributed by atoms with van der Waals surface area (Å²) in [7, 11) is -3.91. The lowest BCUT2D eigenvalue weighted by molar-refractivity contribution is 0.0983. The van der Waals surface area contributed by atoms with Crippen LogP contribution in [-0.4, -0.2) is 35.5 Å². The second-order valence-electron chi connectivity index (χ2n) is 8.64. The molecule has 0 spiro atoms. The predicted molar refractivity (Wildman–Crippen MR) is 132 cm³/mol. The van der Waals surface area contributed by atoms with Gasteiger partial charge >= 0.3 is 0 Å². The number of fused-ring (bicyclic) bond motifs is 1. The highest BCUT2D eigenvalue weighted by Gasteiger charge is 2.26. The zero-order valence-corrected chi connectivity index (χ0v) is 20.6. The number of halogens is 2. The van der Waals surface area contributed by atoms with Crippen LogP contribution < -0.4 is 10.6 Å². The molecule has 2 N–H and O–H groups in total. The van der Waals surface area contributed by atoms with Gasteiger partial charge in [0.2, 0.25) is 0 Å². The number of hydrogen-bond donors (Lipinski definition) is 1. The fourth-order valence-corrected chi connectivity index (χ4v) is 4.54. The number of hydrogen-bond acceptors (Lipinski definition) is 7. The third kappa shape index (κ3) is 5.15. The summed E-state index contributed by atoms with van der Waals surface area (Å²) < 4.78 is 52.8. The maximum absolute atomic E-state index is 14.0. The van der Waals surface area contributed by atoms with Crippen molar-refractivity contribution in [2.45, 2.75) is 31.2 Å². The van der Waals surface area contributed by atoms with Crippen LogP contribution in [0.5, 0.6) is 0 Å². The lowest BCUT2D eigenvalue weighted by Gasteiger charge is -2.25. The van der Waals surface area contributed by atoms with Crippen LogP contribution in [0.2, 0.25) is 0 Å². The third-order valence-corrected chi connectivity index (χ3v) is 6.62. The van der Waals surface area contributed by atoms with Gasteiger partial charge in [-0.15, -0.1) is 0 Å². The number of nitrogens with zero attached hydrogens (tertiary/aromatic N) is 4. The van der Waals surface area contributed by atoms with Gasteiger partial charge in [0.05, 0.1) is 28.2 Å². The highest BCUT2D eigenvalue weighted by atomic mass is 32.2. The fraction of sp³-hybridized carbons (Fsp3) is 0.200. The van der Waals surface area contributed by atoms with Crippen LogP contribution in [0.3, 0.4) is 0 Å². The van der Waals surface area contributed by atoms with Crippen molar-refractivity contribution in [3.8, 4) is 0 Å². The molecule has 1 amide bonds. The predicted octanol–water partition coefficient (Wildman–Crippen LogP) is 4.26. The topological polar surface area (TPSA) is 119 Å². The number of carbonyl (C=O) groups is 1. The molecule has 0 bridgehead atoms. The molecular formula is C25H23F2N5O3S. The van der Waals surface area contributed by atoms with E-state index in [4.69, 9.17) is 5.73 Å². The van der Waals surface area contributed by atoms with Gasteiger partial charge in [0.25, 0.3) is 5.91 Å². The number of nitrogens with two attached hydrogens (primary N) is 1. The smallest absolute Gasteiger partial charge is 0.261 e. The molecule has 2 heterocycles. The van der Waals surface area contributed by atoms with Crippen LogP contribution in [0.25, 0.3) is 10.9 Å². The molecule has 8 nitrogen and oxygen atoms in total. The number of amides is 1. The molecule has 0 saturated heterocycles. The lowest BCUT2D eigenvalue weighted by Crippen LogP contribution is -2.32. The van der Waals surface area contributed by atoms with Crippen molar-refractivity contribution < 1.29 is 22.0 Å². The number of carbonyl (C=O) groups excluding carboxylic acids is 1. The molecule has 0 aliphatic rings. The summed E-state index contributed by atoms with van der Waals surface area (Å²) in [5.41, 5.74) is 6.66. The normalized spacial score (nSPS) is 11.7. The molecule has 0 aliphatic heterocycles. The van der Waals surface area contributed by atoms with Crippen molar-refractivity contribution in [3.05, 3.63) is 83.4 Å². The second-order valence-corrected chi connectivity index (χ2v) is 10.6. The zero-order chi connectivity index (χ0) is 26.2. The molecule has 11 heteroatoms. The molecule has 4 rings (SSSR count). The van der Waals surface area contributed by atoms with E-state index in [9.17, 15) is 22.0 Å². The van der Waals surface area contributed by atoms with Crippen LogP contribution in [0, 0.1) is 11.6 Å². The van der Waals surface area contributed by atoms with Crippen LogP contribution >= 0.6 is 0 Å². The first-order chi connectivity index (χ1) is 16.9. The standard InChI is InChI=1S/C25H23F2N5O3S/c1-14(2)24-29-11-17(12-30-24)25(33)32(21-7-6-18(26)10-22(21)36(3,34)35)13-15-4-5-16-9-19(27)23(28)31-20(16)8-15/h4-12,14H,13H2,1-3H3,(H2,28,31). The Morgan fingerprint density at radius 1 is 1.06 bits per heavy atom. The number of pyridine rings is 1. The molecule has 36 heavy (non-hydrogen) atoms. The molecule has 0 saturated carbocycles. The maximum atomic E-state index is 14.0. The lowest BCUT2D eigenvalue weighted by atomic mass is 10.1. The number of benzene rings is 2. The van der Waals surface area contributed by atoms with Gasteiger partial charge < -0.3 is 10.6 Å². The molecule has 4 aromatic rings. The molecular weight excluding hydrogens is 488 g/mol. The van der Waals surface area contributed by atoms with E-state index in [1.54, 1.807) is 18.2 Å². The number of sulfone groups is 1. The Morgan fingerprint density at radius 3 is 2.39 bits per heavy atom. The van der Waals surface area contributed by atoms with E-state index in [-0.39, 0.29) is 34.4 Å². The minimum absolute atomic E-state index is 0.0106. The van der Waals surface area contributed by atoms with Crippen molar-refractivity contribution >= 4 is 38.2 Å². The van der Waals surface area contributed by atoms with Crippen molar-refractivity contribution in [1.82, 2.24) is 15.0 Å². The maximum Gasteiger partial charge on any atom is 0.261 e. The van der Waals surface area contributed by atoms with E-state index in [1.807, 2.05) is 13.8 Å². The molecule has 0 radical (unpaired) electrons. The van der Waals surface area contributed by atoms with Gasteiger partial charge in [-0.1, -0.05) is 26.0 Å². The summed E-state index contributed by atoms with van der Waals surface area (Å²) in [6.07, 6.45) is 3.67. The molecule has 186 valence electrons. The molecule has 2 aromatic carbocycles. The molecule has 0 atom stereocenters. The van der Waals surface area contributed by atoms with Crippen LogP contribution in [0.15, 0.2) is 59.8 Å². The zero-order valence-electron chi connectivity index (χ0n) is 19.7. The summed E-state index contributed by atoms with van der Waals surface area (Å²) >= 11 is 0. The van der Waals surface area contributed by atoms with Crippen LogP contribution in [-0.2, 0) is 16.4 Å². The first-order valence-corrected chi connectivity index (χ1v) is 12.8. The Morgan fingerprint density at radius 2 is 1.75 bits per heavy atom. The van der Waals surface area contributed by atoms with Gasteiger partial charge in [-0.2, -0.15) is 0 Å². The van der Waals surface area contributed by atoms with E-state index in [0.717, 1.165) is 18.4 Å². The Hall–Kier alpha value is -3.99. The summed E-state index contributed by atoms with van der Waals surface area (Å²) in [4.78, 5) is 27.0. The van der Waals surface area contributed by atoms with Gasteiger partial charge in [0, 0.05) is 30.0 Å². The highest BCUT2D eigenvalue weighted by Crippen LogP contribution is 2.30. The summed E-state index contributed by atoms with van der Waals surface area (Å²) in [5.74, 6) is -1.69. The fourth-order valence-electron chi connectivity index (χ4n) is 3.66. The van der Waals surface area contributed by atoms with Crippen molar-refractivity contribution in [1.29, 1.82) is 0 Å². The molecule has 0 aliphatic carbocycles. The monoisotopic (exact) mass is 511 g/mol. The Bertz CT molecular complexity index is 1580. The van der Waals surface area contributed by atoms with Gasteiger partial charge in [-0.25, -0.2) is 32.2 Å². The first kappa shape index (κ1) is 25.1. The number of aromatic nitrogens is 3. The molecule has 0 unspecified atom stereocenters. The Labute approximate surface area is 206 Å². The number of nitrogen functional groups attached to an aromatic ring is 1. The first-order valence-electron chi connectivity index (χ1n) is 10.9. The minimum atomic E-state index is -3.91. The summed E-state index contributed by atoms with van der Waals surface area (Å²) in [6.45, 7) is 3.71. The van der Waals surface area contributed by atoms with Crippen LogP contribution in [0.1, 0.15) is 41.5 Å². The number of rotatable bonds is 6. The van der Waals surface area contributed by atoms with E-state index in [0.29, 0.717) is 22.3 Å². The summed E-state index contributed by atoms with van der Waals surface area (Å²) in [6, 6.07) is 9.32. The van der Waals surface area contributed by atoms with Gasteiger partial charge in [0.15, 0.2) is 21.5 Å². The SMILES string of the molecule is CC(C)c1ncc(C(=O)N(Cc2ccc3cc(F)c(N)nc3c2)c2ccc(F)cc2S(C)(=O)=O)cn1. The van der Waals surface area contributed by atoms with Crippen molar-refractivity contribution in [2.75, 3.05) is 16.9 Å². The van der Waals surface area contributed by atoms with Crippen LogP contribution in [0.4, 0.5) is 20.3 Å². The minimum Gasteiger partial charge on any atom is -0.381 e. The third-order valence-electron chi connectivity index (χ3n) is 5.50. The summed E-state index contributed by atoms with van der Waals surface area (Å²) in [5, 5.41) is 0.500. The molecule has 2 aromatic heterocycles. The Balaban J connectivity index is 1.84. The van der Waals surface area contributed by atoms with Crippen molar-refractivity contribution in [2.24, 2.45) is 0 Å². The van der Waals surface area contributed by atoms with E-state index >= 15 is 0 Å². The average Bonchev–Trinajstić information content (AvgIpc) is 2.82. The van der Waals surface area contributed by atoms with Gasteiger partial charge in [-0.05, 0) is 35.9 Å². The van der Waals surface area contributed by atoms with E-state index in [1.165, 1.54) is 29.4 Å². The van der Waals surface area contributed by atoms with E-state index in [2.05, 4.69) is 15.0 Å². The largest absolute Gasteiger partial charge is 0.381 e. The Kier molecular flexibility index (Phi) is 6.68. The van der Waals surface area contributed by atoms with E-state index < -0.39 is 27.4 Å². The second kappa shape index (κ2) is 9.57. The molecule has 0 fully saturated rings. The quantitative estimate of drug-likeness (QED) is 0.411. The average molecular weight is 512 g/mol. The van der Waals surface area contributed by atoms with Gasteiger partial charge in [0.1, 0.15) is 11.6 Å².